The van der Waals surface area contributed by atoms with Crippen LogP contribution in [0, 0.1) is 0 Å². The van der Waals surface area contributed by atoms with Gasteiger partial charge in [-0.05, 0) is 44.9 Å². The minimum atomic E-state index is -0.653. The van der Waals surface area contributed by atoms with Gasteiger partial charge in [0.1, 0.15) is 11.4 Å². The molecule has 0 saturated heterocycles. The number of nitrogens with one attached hydrogen (secondary N) is 1. The molecular weight excluding hydrogens is 258 g/mol. The first-order chi connectivity index (χ1) is 9.31. The van der Waals surface area contributed by atoms with E-state index >= 15 is 0 Å². The van der Waals surface area contributed by atoms with Gasteiger partial charge in [-0.15, -0.1) is 0 Å². The van der Waals surface area contributed by atoms with E-state index in [4.69, 9.17) is 9.47 Å². The van der Waals surface area contributed by atoms with Crippen LogP contribution in [0.5, 0.6) is 5.75 Å². The van der Waals surface area contributed by atoms with Crippen molar-refractivity contribution < 1.29 is 19.4 Å². The molecule has 0 aliphatic carbocycles. The fourth-order valence-electron chi connectivity index (χ4n) is 1.64. The van der Waals surface area contributed by atoms with E-state index in [2.05, 4.69) is 5.32 Å². The number of amides is 1. The van der Waals surface area contributed by atoms with Crippen LogP contribution in [0.1, 0.15) is 38.9 Å². The van der Waals surface area contributed by atoms with E-state index in [1.807, 2.05) is 18.2 Å². The van der Waals surface area contributed by atoms with Crippen molar-refractivity contribution in [3.8, 4) is 5.75 Å². The Kier molecular flexibility index (Phi) is 5.82. The van der Waals surface area contributed by atoms with Crippen LogP contribution >= 0.6 is 0 Å². The molecule has 0 heterocycles. The molecule has 5 nitrogen and oxygen atoms in total. The first-order valence-corrected chi connectivity index (χ1v) is 6.60. The molecule has 112 valence electrons. The summed E-state index contributed by atoms with van der Waals surface area (Å²) in [6.07, 6.45) is -0.720. The quantitative estimate of drug-likeness (QED) is 0.870. The molecule has 1 amide bonds. The van der Waals surface area contributed by atoms with Gasteiger partial charge >= 0.3 is 6.09 Å². The van der Waals surface area contributed by atoms with E-state index in [0.717, 1.165) is 5.56 Å². The number of hydrogen-bond donors (Lipinski definition) is 2. The lowest BCUT2D eigenvalue weighted by Gasteiger charge is -2.20. The molecule has 1 aromatic rings. The van der Waals surface area contributed by atoms with Gasteiger partial charge in [-0.1, -0.05) is 12.1 Å². The summed E-state index contributed by atoms with van der Waals surface area (Å²) in [6.45, 7) is 5.75. The standard InChI is InChI=1S/C15H23NO4/c1-15(2,3)20-14(18)16-9-8-13(17)11-6-5-7-12(10-11)19-4/h5-7,10,13,17H,8-9H2,1-4H3,(H,16,18)/t13-/m1/s1. The van der Waals surface area contributed by atoms with E-state index in [1.165, 1.54) is 0 Å². The summed E-state index contributed by atoms with van der Waals surface area (Å²) in [5, 5.41) is 12.7. The third kappa shape index (κ3) is 5.93. The molecule has 0 radical (unpaired) electrons. The summed E-state index contributed by atoms with van der Waals surface area (Å²) >= 11 is 0. The van der Waals surface area contributed by atoms with Gasteiger partial charge in [0.2, 0.25) is 0 Å². The van der Waals surface area contributed by atoms with Crippen molar-refractivity contribution in [1.29, 1.82) is 0 Å². The Morgan fingerprint density at radius 3 is 2.70 bits per heavy atom. The van der Waals surface area contributed by atoms with Gasteiger partial charge in [0.25, 0.3) is 0 Å². The third-order valence-electron chi connectivity index (χ3n) is 2.56. The van der Waals surface area contributed by atoms with Crippen LogP contribution in [0.25, 0.3) is 0 Å². The predicted octanol–water partition coefficient (Wildman–Crippen LogP) is 2.64. The fourth-order valence-corrected chi connectivity index (χ4v) is 1.64. The Hall–Kier alpha value is -1.75. The number of rotatable bonds is 5. The number of carbonyl (C=O) groups is 1. The molecule has 0 aliphatic heterocycles. The molecular formula is C15H23NO4. The van der Waals surface area contributed by atoms with Crippen LogP contribution in [0.2, 0.25) is 0 Å². The number of hydrogen-bond acceptors (Lipinski definition) is 4. The molecule has 0 unspecified atom stereocenters. The minimum Gasteiger partial charge on any atom is -0.497 e. The van der Waals surface area contributed by atoms with E-state index in [9.17, 15) is 9.90 Å². The highest BCUT2D eigenvalue weighted by atomic mass is 16.6. The van der Waals surface area contributed by atoms with E-state index < -0.39 is 17.8 Å². The second kappa shape index (κ2) is 7.14. The molecule has 0 saturated carbocycles. The van der Waals surface area contributed by atoms with E-state index in [0.29, 0.717) is 18.7 Å². The Labute approximate surface area is 119 Å². The first-order valence-electron chi connectivity index (χ1n) is 6.60. The topological polar surface area (TPSA) is 67.8 Å². The molecule has 2 N–H and O–H groups in total. The molecule has 0 spiro atoms. The van der Waals surface area contributed by atoms with Crippen LogP contribution in [-0.4, -0.2) is 30.5 Å². The van der Waals surface area contributed by atoms with E-state index in [-0.39, 0.29) is 0 Å². The largest absolute Gasteiger partial charge is 0.497 e. The maximum Gasteiger partial charge on any atom is 0.407 e. The molecule has 5 heteroatoms. The highest BCUT2D eigenvalue weighted by Gasteiger charge is 2.16. The number of methoxy groups -OCH3 is 1. The number of carbonyl (C=O) groups excluding carboxylic acids is 1. The summed E-state index contributed by atoms with van der Waals surface area (Å²) in [5.74, 6) is 0.696. The van der Waals surface area contributed by atoms with E-state index in [1.54, 1.807) is 33.9 Å². The third-order valence-corrected chi connectivity index (χ3v) is 2.56. The summed E-state index contributed by atoms with van der Waals surface area (Å²) in [4.78, 5) is 11.4. The molecule has 1 atom stereocenters. The average molecular weight is 281 g/mol. The maximum atomic E-state index is 11.4. The van der Waals surface area contributed by atoms with Crippen molar-refractivity contribution in [2.45, 2.75) is 38.9 Å². The van der Waals surface area contributed by atoms with Crippen LogP contribution in [0.15, 0.2) is 24.3 Å². The minimum absolute atomic E-state index is 0.341. The van der Waals surface area contributed by atoms with Crippen molar-refractivity contribution in [1.82, 2.24) is 5.32 Å². The summed E-state index contributed by atoms with van der Waals surface area (Å²) in [7, 11) is 1.58. The lowest BCUT2D eigenvalue weighted by atomic mass is 10.1. The van der Waals surface area contributed by atoms with Crippen molar-refractivity contribution in [2.75, 3.05) is 13.7 Å². The Morgan fingerprint density at radius 1 is 1.40 bits per heavy atom. The summed E-state index contributed by atoms with van der Waals surface area (Å²) < 4.78 is 10.2. The zero-order valence-electron chi connectivity index (χ0n) is 12.5. The smallest absolute Gasteiger partial charge is 0.407 e. The lowest BCUT2D eigenvalue weighted by Crippen LogP contribution is -2.33. The number of aliphatic hydroxyl groups excluding tert-OH is 1. The van der Waals surface area contributed by atoms with Crippen LogP contribution < -0.4 is 10.1 Å². The van der Waals surface area contributed by atoms with Gasteiger partial charge < -0.3 is 19.9 Å². The molecule has 0 fully saturated rings. The van der Waals surface area contributed by atoms with Gasteiger partial charge in [-0.2, -0.15) is 0 Å². The molecule has 1 rings (SSSR count). The Bertz CT molecular complexity index is 440. The maximum absolute atomic E-state index is 11.4. The van der Waals surface area contributed by atoms with Crippen molar-refractivity contribution in [3.63, 3.8) is 0 Å². The predicted molar refractivity (Wildman–Crippen MR) is 76.8 cm³/mol. The highest BCUT2D eigenvalue weighted by Crippen LogP contribution is 2.21. The van der Waals surface area contributed by atoms with Gasteiger partial charge in [-0.25, -0.2) is 4.79 Å². The summed E-state index contributed by atoms with van der Waals surface area (Å²) in [6, 6.07) is 7.23. The zero-order valence-corrected chi connectivity index (χ0v) is 12.5. The highest BCUT2D eigenvalue weighted by molar-refractivity contribution is 5.67. The van der Waals surface area contributed by atoms with Gasteiger partial charge in [0, 0.05) is 6.54 Å². The number of alkyl carbamates (subject to hydrolysis) is 1. The van der Waals surface area contributed by atoms with Crippen molar-refractivity contribution in [2.24, 2.45) is 0 Å². The molecule has 1 aromatic carbocycles. The second-order valence-corrected chi connectivity index (χ2v) is 5.51. The second-order valence-electron chi connectivity index (χ2n) is 5.51. The molecule has 0 aliphatic rings. The van der Waals surface area contributed by atoms with Crippen molar-refractivity contribution in [3.05, 3.63) is 29.8 Å². The first kappa shape index (κ1) is 16.3. The van der Waals surface area contributed by atoms with Crippen LogP contribution in [0.4, 0.5) is 4.79 Å². The zero-order chi connectivity index (χ0) is 15.2. The van der Waals surface area contributed by atoms with Gasteiger partial charge in [-0.3, -0.25) is 0 Å². The molecule has 20 heavy (non-hydrogen) atoms. The lowest BCUT2D eigenvalue weighted by molar-refractivity contribution is 0.0518. The van der Waals surface area contributed by atoms with Crippen molar-refractivity contribution >= 4 is 6.09 Å². The monoisotopic (exact) mass is 281 g/mol. The number of ether oxygens (including phenoxy) is 2. The summed E-state index contributed by atoms with van der Waals surface area (Å²) in [5.41, 5.74) is 0.241. The average Bonchev–Trinajstić information content (AvgIpc) is 2.36. The fraction of sp³-hybridized carbons (Fsp3) is 0.533. The van der Waals surface area contributed by atoms with Crippen LogP contribution in [0.3, 0.4) is 0 Å². The Morgan fingerprint density at radius 2 is 2.10 bits per heavy atom. The molecule has 0 aromatic heterocycles. The number of benzene rings is 1. The van der Waals surface area contributed by atoms with Gasteiger partial charge in [0.15, 0.2) is 0 Å². The SMILES string of the molecule is COc1cccc([C@H](O)CCNC(=O)OC(C)(C)C)c1. The van der Waals surface area contributed by atoms with Gasteiger partial charge in [0.05, 0.1) is 13.2 Å². The number of aliphatic hydroxyl groups is 1. The van der Waals surface area contributed by atoms with Crippen LogP contribution in [-0.2, 0) is 4.74 Å². The molecule has 0 bridgehead atoms. The Balaban J connectivity index is 2.39. The normalized spacial score (nSPS) is 12.7.